The van der Waals surface area contributed by atoms with Gasteiger partial charge in [-0.2, -0.15) is 0 Å². The Balaban J connectivity index is 2.89. The van der Waals surface area contributed by atoms with Crippen LogP contribution in [0.5, 0.6) is 0 Å². The maximum atomic E-state index is 4.32. The van der Waals surface area contributed by atoms with Crippen molar-refractivity contribution in [2.24, 2.45) is 0 Å². The Kier molecular flexibility index (Phi) is 2.25. The van der Waals surface area contributed by atoms with Crippen molar-refractivity contribution in [3.05, 3.63) is 34.5 Å². The number of fused-ring (bicyclic) bond motifs is 1. The average Bonchev–Trinajstić information content (AvgIpc) is 2.16. The summed E-state index contributed by atoms with van der Waals surface area (Å²) in [5.41, 5.74) is 0.933. The maximum absolute atomic E-state index is 4.32. The summed E-state index contributed by atoms with van der Waals surface area (Å²) in [4.78, 5) is 8.60. The zero-order valence-corrected chi connectivity index (χ0v) is 8.98. The van der Waals surface area contributed by atoms with Gasteiger partial charge in [0, 0.05) is 0 Å². The average molecular weight is 238 g/mol. The monoisotopic (exact) mass is 239 g/mol. The Morgan fingerprint density at radius 2 is 2.23 bits per heavy atom. The van der Waals surface area contributed by atoms with Gasteiger partial charge in [0.05, 0.1) is 0 Å². The van der Waals surface area contributed by atoms with E-state index in [-0.39, 0.29) is 0 Å². The van der Waals surface area contributed by atoms with Crippen molar-refractivity contribution in [1.82, 2.24) is 14.4 Å². The van der Waals surface area contributed by atoms with E-state index in [2.05, 4.69) is 32.5 Å². The number of rotatable bonds is 1. The van der Waals surface area contributed by atoms with Crippen LogP contribution in [-0.2, 0) is 6.42 Å². The third-order valence-electron chi connectivity index (χ3n) is 1.87. The molecule has 2 aromatic heterocycles. The number of aryl methyl sites for hydroxylation is 1. The van der Waals surface area contributed by atoms with Gasteiger partial charge in [0.2, 0.25) is 0 Å². The molecule has 0 aromatic carbocycles. The number of pyridine rings is 1. The quantitative estimate of drug-likeness (QED) is 0.693. The number of aromatic nitrogens is 3. The fourth-order valence-corrected chi connectivity index (χ4v) is 1.70. The van der Waals surface area contributed by atoms with Crippen LogP contribution in [0.4, 0.5) is 0 Å². The van der Waals surface area contributed by atoms with Crippen molar-refractivity contribution in [3.63, 3.8) is 0 Å². The first-order valence-electron chi connectivity index (χ1n) is 4.15. The molecule has 0 aliphatic heterocycles. The van der Waals surface area contributed by atoms with Gasteiger partial charge in [-0.3, -0.25) is 0 Å². The van der Waals surface area contributed by atoms with Gasteiger partial charge < -0.3 is 0 Å². The van der Waals surface area contributed by atoms with Crippen LogP contribution < -0.4 is 0 Å². The zero-order chi connectivity index (χ0) is 9.26. The van der Waals surface area contributed by atoms with Gasteiger partial charge in [0.1, 0.15) is 0 Å². The molecule has 3 nitrogen and oxygen atoms in total. The first-order valence-corrected chi connectivity index (χ1v) is 5.01. The summed E-state index contributed by atoms with van der Waals surface area (Å²) < 4.78 is 2.71. The molecule has 0 saturated heterocycles. The SMILES string of the molecule is CCc1nc(=[Se])nc2ccccn12. The first kappa shape index (κ1) is 8.60. The predicted octanol–water partition coefficient (Wildman–Crippen LogP) is 0.992. The van der Waals surface area contributed by atoms with Gasteiger partial charge in [-0.05, 0) is 0 Å². The molecule has 0 fully saturated rings. The molecule has 0 saturated carbocycles. The van der Waals surface area contributed by atoms with Crippen LogP contribution in [0.3, 0.4) is 0 Å². The summed E-state index contributed by atoms with van der Waals surface area (Å²) in [6.45, 7) is 2.08. The van der Waals surface area contributed by atoms with Gasteiger partial charge >= 0.3 is 83.5 Å². The number of hydrogen-bond donors (Lipinski definition) is 0. The molecular weight excluding hydrogens is 229 g/mol. The molecular formula is C9H9N3Se. The van der Waals surface area contributed by atoms with E-state index in [1.165, 1.54) is 0 Å². The van der Waals surface area contributed by atoms with E-state index in [1.807, 2.05) is 28.8 Å². The summed E-state index contributed by atoms with van der Waals surface area (Å²) in [6.07, 6.45) is 2.88. The second-order valence-corrected chi connectivity index (χ2v) is 3.47. The van der Waals surface area contributed by atoms with Crippen LogP contribution >= 0.6 is 0 Å². The van der Waals surface area contributed by atoms with Crippen LogP contribution in [0.25, 0.3) is 5.65 Å². The van der Waals surface area contributed by atoms with Crippen LogP contribution in [0.1, 0.15) is 12.7 Å². The van der Waals surface area contributed by atoms with E-state index in [9.17, 15) is 0 Å². The summed E-state index contributed by atoms with van der Waals surface area (Å²) >= 11 is 2.83. The predicted molar refractivity (Wildman–Crippen MR) is 51.4 cm³/mol. The summed E-state index contributed by atoms with van der Waals surface area (Å²) in [5, 5.41) is 0. The molecule has 2 aromatic rings. The first-order chi connectivity index (χ1) is 6.31. The van der Waals surface area contributed by atoms with Crippen LogP contribution in [0.2, 0.25) is 0 Å². The molecule has 2 rings (SSSR count). The molecule has 0 bridgehead atoms. The fourth-order valence-electron chi connectivity index (χ4n) is 1.28. The minimum absolute atomic E-state index is 0.711. The Morgan fingerprint density at radius 3 is 3.00 bits per heavy atom. The van der Waals surface area contributed by atoms with E-state index in [0.717, 1.165) is 17.9 Å². The molecule has 0 aliphatic rings. The number of nitrogens with zero attached hydrogens (tertiary/aromatic N) is 3. The van der Waals surface area contributed by atoms with Crippen LogP contribution in [-0.4, -0.2) is 29.9 Å². The molecule has 2 heterocycles. The van der Waals surface area contributed by atoms with Crippen LogP contribution in [0, 0.1) is 4.32 Å². The van der Waals surface area contributed by atoms with Crippen molar-refractivity contribution in [2.45, 2.75) is 13.3 Å². The van der Waals surface area contributed by atoms with E-state index >= 15 is 0 Å². The van der Waals surface area contributed by atoms with Crippen LogP contribution in [0.15, 0.2) is 24.4 Å². The standard InChI is InChI=1S/C9H9N3Se/c1-2-7-10-9(13)11-8-5-3-4-6-12(7)8/h3-6H,2H2,1H3. The minimum atomic E-state index is 0.711. The molecule has 13 heavy (non-hydrogen) atoms. The van der Waals surface area contributed by atoms with Gasteiger partial charge in [0.25, 0.3) is 0 Å². The molecule has 0 amide bonds. The molecule has 0 radical (unpaired) electrons. The molecule has 0 atom stereocenters. The van der Waals surface area contributed by atoms with Gasteiger partial charge in [-0.25, -0.2) is 0 Å². The zero-order valence-electron chi connectivity index (χ0n) is 7.27. The topological polar surface area (TPSA) is 30.2 Å². The molecule has 0 unspecified atom stereocenters. The van der Waals surface area contributed by atoms with E-state index in [1.54, 1.807) is 0 Å². The van der Waals surface area contributed by atoms with Crippen molar-refractivity contribution >= 4 is 21.2 Å². The fraction of sp³-hybridized carbons (Fsp3) is 0.222. The van der Waals surface area contributed by atoms with E-state index < -0.39 is 0 Å². The number of hydrogen-bond acceptors (Lipinski definition) is 2. The molecule has 4 heteroatoms. The van der Waals surface area contributed by atoms with Gasteiger partial charge in [0.15, 0.2) is 0 Å². The normalized spacial score (nSPS) is 10.5. The Hall–Kier alpha value is -0.991. The summed E-state index contributed by atoms with van der Waals surface area (Å²) in [5.74, 6) is 1.03. The third-order valence-corrected chi connectivity index (χ3v) is 2.25. The molecule has 0 aliphatic carbocycles. The van der Waals surface area contributed by atoms with Gasteiger partial charge in [-0.15, -0.1) is 0 Å². The van der Waals surface area contributed by atoms with E-state index in [4.69, 9.17) is 0 Å². The molecule has 0 N–H and O–H groups in total. The van der Waals surface area contributed by atoms with Gasteiger partial charge in [-0.1, -0.05) is 0 Å². The Bertz CT molecular complexity index is 489. The van der Waals surface area contributed by atoms with Crippen molar-refractivity contribution < 1.29 is 0 Å². The Morgan fingerprint density at radius 1 is 1.38 bits per heavy atom. The Labute approximate surface area is 83.8 Å². The third kappa shape index (κ3) is 1.55. The second-order valence-electron chi connectivity index (χ2n) is 2.70. The summed E-state index contributed by atoms with van der Waals surface area (Å²) in [6, 6.07) is 5.93. The van der Waals surface area contributed by atoms with Crippen molar-refractivity contribution in [3.8, 4) is 0 Å². The van der Waals surface area contributed by atoms with Crippen molar-refractivity contribution in [2.75, 3.05) is 0 Å². The van der Waals surface area contributed by atoms with Crippen molar-refractivity contribution in [1.29, 1.82) is 0 Å². The summed E-state index contributed by atoms with van der Waals surface area (Å²) in [7, 11) is 0. The molecule has 0 spiro atoms. The molecule has 66 valence electrons. The van der Waals surface area contributed by atoms with E-state index in [0.29, 0.717) is 4.32 Å². The second kappa shape index (κ2) is 3.40.